The van der Waals surface area contributed by atoms with E-state index >= 15 is 0 Å². The first-order valence-corrected chi connectivity index (χ1v) is 6.65. The minimum Gasteiger partial charge on any atom is -0.480 e. The molecule has 1 aliphatic rings. The number of carbonyl (C=O) groups is 3. The number of carboxylic acids is 1. The first-order valence-electron chi connectivity index (χ1n) is 6.65. The molecule has 0 bridgehead atoms. The highest BCUT2D eigenvalue weighted by atomic mass is 16.5. The van der Waals surface area contributed by atoms with Crippen molar-refractivity contribution in [1.82, 2.24) is 16.0 Å². The average molecular weight is 287 g/mol. The van der Waals surface area contributed by atoms with Gasteiger partial charge in [-0.3, -0.25) is 14.4 Å². The van der Waals surface area contributed by atoms with Gasteiger partial charge in [0.05, 0.1) is 19.3 Å². The molecule has 4 N–H and O–H groups in total. The molecule has 0 aromatic heterocycles. The molecule has 0 aliphatic carbocycles. The van der Waals surface area contributed by atoms with Crippen molar-refractivity contribution in [2.24, 2.45) is 0 Å². The van der Waals surface area contributed by atoms with Crippen LogP contribution in [0.3, 0.4) is 0 Å². The molecular weight excluding hydrogens is 266 g/mol. The molecule has 0 radical (unpaired) electrons. The monoisotopic (exact) mass is 287 g/mol. The Hall–Kier alpha value is -1.67. The molecule has 1 heterocycles. The summed E-state index contributed by atoms with van der Waals surface area (Å²) in [6.07, 6.45) is 2.28. The first-order chi connectivity index (χ1) is 9.58. The maximum absolute atomic E-state index is 11.4. The molecule has 8 nitrogen and oxygen atoms in total. The number of piperidine rings is 1. The molecule has 20 heavy (non-hydrogen) atoms. The van der Waals surface area contributed by atoms with Crippen LogP contribution in [0.1, 0.15) is 19.3 Å². The van der Waals surface area contributed by atoms with E-state index in [-0.39, 0.29) is 25.0 Å². The van der Waals surface area contributed by atoms with Crippen molar-refractivity contribution in [1.29, 1.82) is 0 Å². The molecule has 1 rings (SSSR count). The Morgan fingerprint density at radius 1 is 1.10 bits per heavy atom. The van der Waals surface area contributed by atoms with Crippen LogP contribution in [0, 0.1) is 0 Å². The van der Waals surface area contributed by atoms with Gasteiger partial charge >= 0.3 is 5.97 Å². The first kappa shape index (κ1) is 16.4. The van der Waals surface area contributed by atoms with Gasteiger partial charge in [-0.15, -0.1) is 0 Å². The predicted molar refractivity (Wildman–Crippen MR) is 70.1 cm³/mol. The van der Waals surface area contributed by atoms with Gasteiger partial charge in [0.25, 0.3) is 0 Å². The SMILES string of the molecule is O=C(O)CNC(=O)CNC(=O)CCOC1CCNCC1. The zero-order chi connectivity index (χ0) is 14.8. The van der Waals surface area contributed by atoms with Crippen molar-refractivity contribution in [3.05, 3.63) is 0 Å². The normalized spacial score (nSPS) is 15.6. The fourth-order valence-corrected chi connectivity index (χ4v) is 1.78. The fraction of sp³-hybridized carbons (Fsp3) is 0.750. The molecule has 8 heteroatoms. The van der Waals surface area contributed by atoms with Gasteiger partial charge in [0.2, 0.25) is 11.8 Å². The zero-order valence-corrected chi connectivity index (χ0v) is 11.3. The summed E-state index contributed by atoms with van der Waals surface area (Å²) in [6.45, 7) is 1.52. The number of ether oxygens (including phenoxy) is 1. The smallest absolute Gasteiger partial charge is 0.322 e. The van der Waals surface area contributed by atoms with Crippen LogP contribution in [-0.4, -0.2) is 61.8 Å². The van der Waals surface area contributed by atoms with E-state index in [2.05, 4.69) is 16.0 Å². The van der Waals surface area contributed by atoms with Crippen molar-refractivity contribution < 1.29 is 24.2 Å². The van der Waals surface area contributed by atoms with E-state index in [9.17, 15) is 14.4 Å². The molecule has 0 spiro atoms. The standard InChI is InChI=1S/C12H21N3O5/c16-10(14-7-11(17)15-8-12(18)19)3-6-20-9-1-4-13-5-2-9/h9,13H,1-8H2,(H,14,16)(H,15,17)(H,18,19). The highest BCUT2D eigenvalue weighted by molar-refractivity contribution is 5.86. The molecule has 0 unspecified atom stereocenters. The summed E-state index contributed by atoms with van der Waals surface area (Å²) >= 11 is 0. The van der Waals surface area contributed by atoms with Gasteiger partial charge in [0.1, 0.15) is 6.54 Å². The minimum atomic E-state index is -1.12. The number of carboxylic acid groups (broad SMARTS) is 1. The summed E-state index contributed by atoms with van der Waals surface area (Å²) in [4.78, 5) is 32.8. The summed E-state index contributed by atoms with van der Waals surface area (Å²) in [5, 5.41) is 16.1. The van der Waals surface area contributed by atoms with Gasteiger partial charge in [0.15, 0.2) is 0 Å². The number of nitrogens with one attached hydrogen (secondary N) is 3. The summed E-state index contributed by atoms with van der Waals surface area (Å²) in [5.41, 5.74) is 0. The van der Waals surface area contributed by atoms with E-state index in [1.807, 2.05) is 0 Å². The maximum Gasteiger partial charge on any atom is 0.322 e. The lowest BCUT2D eigenvalue weighted by Gasteiger charge is -2.22. The van der Waals surface area contributed by atoms with Crippen molar-refractivity contribution in [2.75, 3.05) is 32.8 Å². The predicted octanol–water partition coefficient (Wildman–Crippen LogP) is -1.54. The highest BCUT2D eigenvalue weighted by Gasteiger charge is 2.13. The molecule has 0 aromatic rings. The van der Waals surface area contributed by atoms with E-state index in [1.54, 1.807) is 0 Å². The van der Waals surface area contributed by atoms with Crippen molar-refractivity contribution in [3.63, 3.8) is 0 Å². The van der Waals surface area contributed by atoms with Gasteiger partial charge in [-0.05, 0) is 25.9 Å². The molecular formula is C12H21N3O5. The van der Waals surface area contributed by atoms with Gasteiger partial charge in [-0.1, -0.05) is 0 Å². The molecule has 0 aromatic carbocycles. The summed E-state index contributed by atoms with van der Waals surface area (Å²) in [5.74, 6) is -1.94. The van der Waals surface area contributed by atoms with Gasteiger partial charge in [-0.25, -0.2) is 0 Å². The molecule has 2 amide bonds. The second kappa shape index (κ2) is 9.27. The number of carbonyl (C=O) groups excluding carboxylic acids is 2. The minimum absolute atomic E-state index is 0.191. The largest absolute Gasteiger partial charge is 0.480 e. The molecule has 0 saturated carbocycles. The third kappa shape index (κ3) is 7.70. The fourth-order valence-electron chi connectivity index (χ4n) is 1.78. The van der Waals surface area contributed by atoms with Gasteiger partial charge in [-0.2, -0.15) is 0 Å². The third-order valence-electron chi connectivity index (χ3n) is 2.85. The topological polar surface area (TPSA) is 117 Å². The quantitative estimate of drug-likeness (QED) is 0.430. The van der Waals surface area contributed by atoms with E-state index < -0.39 is 18.4 Å². The third-order valence-corrected chi connectivity index (χ3v) is 2.85. The highest BCUT2D eigenvalue weighted by Crippen LogP contribution is 2.07. The van der Waals surface area contributed by atoms with E-state index in [0.717, 1.165) is 25.9 Å². The van der Waals surface area contributed by atoms with Gasteiger partial charge in [0, 0.05) is 6.42 Å². The van der Waals surface area contributed by atoms with Crippen LogP contribution in [0.2, 0.25) is 0 Å². The lowest BCUT2D eigenvalue weighted by molar-refractivity contribution is -0.137. The summed E-state index contributed by atoms with van der Waals surface area (Å²) < 4.78 is 5.56. The van der Waals surface area contributed by atoms with E-state index in [1.165, 1.54) is 0 Å². The zero-order valence-electron chi connectivity index (χ0n) is 11.3. The van der Waals surface area contributed by atoms with Crippen LogP contribution in [0.4, 0.5) is 0 Å². The van der Waals surface area contributed by atoms with Crippen molar-refractivity contribution >= 4 is 17.8 Å². The van der Waals surface area contributed by atoms with E-state index in [4.69, 9.17) is 9.84 Å². The molecule has 1 fully saturated rings. The lowest BCUT2D eigenvalue weighted by Crippen LogP contribution is -2.39. The average Bonchev–Trinajstić information content (AvgIpc) is 2.44. The summed E-state index contributed by atoms with van der Waals surface area (Å²) in [6, 6.07) is 0. The Bertz CT molecular complexity index is 342. The van der Waals surface area contributed by atoms with Crippen molar-refractivity contribution in [2.45, 2.75) is 25.4 Å². The van der Waals surface area contributed by atoms with Crippen LogP contribution in [0.15, 0.2) is 0 Å². The Labute approximate surface area is 117 Å². The lowest BCUT2D eigenvalue weighted by atomic mass is 10.1. The van der Waals surface area contributed by atoms with Crippen LogP contribution in [0.5, 0.6) is 0 Å². The number of hydrogen-bond donors (Lipinski definition) is 4. The van der Waals surface area contributed by atoms with Crippen LogP contribution in [0.25, 0.3) is 0 Å². The molecule has 114 valence electrons. The van der Waals surface area contributed by atoms with Gasteiger partial charge < -0.3 is 25.8 Å². The second-order valence-corrected chi connectivity index (χ2v) is 4.52. The van der Waals surface area contributed by atoms with Crippen LogP contribution < -0.4 is 16.0 Å². The molecule has 1 aliphatic heterocycles. The second-order valence-electron chi connectivity index (χ2n) is 4.52. The van der Waals surface area contributed by atoms with E-state index in [0.29, 0.717) is 6.61 Å². The maximum atomic E-state index is 11.4. The number of aliphatic carboxylic acids is 1. The Morgan fingerprint density at radius 2 is 1.75 bits per heavy atom. The summed E-state index contributed by atoms with van der Waals surface area (Å²) in [7, 11) is 0. The Morgan fingerprint density at radius 3 is 2.40 bits per heavy atom. The number of amides is 2. The Kier molecular flexibility index (Phi) is 7.59. The van der Waals surface area contributed by atoms with Crippen LogP contribution >= 0.6 is 0 Å². The van der Waals surface area contributed by atoms with Crippen LogP contribution in [-0.2, 0) is 19.1 Å². The van der Waals surface area contributed by atoms with Crippen molar-refractivity contribution in [3.8, 4) is 0 Å². The Balaban J connectivity index is 2.02. The number of rotatable bonds is 8. The molecule has 0 atom stereocenters. The molecule has 1 saturated heterocycles. The number of hydrogen-bond acceptors (Lipinski definition) is 5.